The Morgan fingerprint density at radius 2 is 2.00 bits per heavy atom. The van der Waals surface area contributed by atoms with Crippen molar-refractivity contribution in [1.82, 2.24) is 5.32 Å². The van der Waals surface area contributed by atoms with Crippen LogP contribution in [0.3, 0.4) is 0 Å². The van der Waals surface area contributed by atoms with Gasteiger partial charge in [0, 0.05) is 4.88 Å². The molecule has 1 amide bonds. The molecule has 0 fully saturated rings. The zero-order valence-corrected chi connectivity index (χ0v) is 10.0. The summed E-state index contributed by atoms with van der Waals surface area (Å²) in [6, 6.07) is 2.34. The number of rotatable bonds is 4. The predicted molar refractivity (Wildman–Crippen MR) is 56.5 cm³/mol. The number of hydrogen-bond acceptors (Lipinski definition) is 2. The van der Waals surface area contributed by atoms with Crippen LogP contribution in [-0.4, -0.2) is 18.0 Å². The summed E-state index contributed by atoms with van der Waals surface area (Å²) in [7, 11) is 0. The average Bonchev–Trinajstić information content (AvgIpc) is 2.76. The summed E-state index contributed by atoms with van der Waals surface area (Å²) < 4.78 is 61.4. The summed E-state index contributed by atoms with van der Waals surface area (Å²) in [6.07, 6.45) is -5.66. The molecule has 1 aromatic rings. The van der Waals surface area contributed by atoms with Crippen LogP contribution < -0.4 is 5.32 Å². The van der Waals surface area contributed by atoms with Crippen molar-refractivity contribution >= 4 is 17.2 Å². The molecule has 0 spiro atoms. The van der Waals surface area contributed by atoms with E-state index in [-0.39, 0.29) is 6.42 Å². The van der Waals surface area contributed by atoms with Crippen molar-refractivity contribution in [3.05, 3.63) is 22.4 Å². The number of hydrogen-bond donors (Lipinski definition) is 1. The third-order valence-corrected chi connectivity index (χ3v) is 3.23. The Labute approximate surface area is 104 Å². The molecule has 18 heavy (non-hydrogen) atoms. The van der Waals surface area contributed by atoms with Crippen LogP contribution >= 0.6 is 11.3 Å². The Hall–Kier alpha value is -1.18. The minimum Gasteiger partial charge on any atom is -0.343 e. The van der Waals surface area contributed by atoms with Crippen molar-refractivity contribution in [2.24, 2.45) is 0 Å². The zero-order valence-electron chi connectivity index (χ0n) is 9.22. The largest absolute Gasteiger partial charge is 0.463 e. The van der Waals surface area contributed by atoms with Gasteiger partial charge in [-0.2, -0.15) is 22.0 Å². The van der Waals surface area contributed by atoms with Gasteiger partial charge in [0.05, 0.1) is 6.04 Å². The smallest absolute Gasteiger partial charge is 0.343 e. The molecule has 1 atom stereocenters. The second kappa shape index (κ2) is 5.21. The molecule has 1 aromatic heterocycles. The highest BCUT2D eigenvalue weighted by Crippen LogP contribution is 2.36. The van der Waals surface area contributed by atoms with Gasteiger partial charge in [-0.1, -0.05) is 13.0 Å². The van der Waals surface area contributed by atoms with Crippen LogP contribution in [-0.2, 0) is 4.79 Å². The van der Waals surface area contributed by atoms with Gasteiger partial charge in [0.15, 0.2) is 0 Å². The van der Waals surface area contributed by atoms with Crippen LogP contribution in [0.2, 0.25) is 0 Å². The van der Waals surface area contributed by atoms with Gasteiger partial charge >= 0.3 is 18.0 Å². The number of carbonyl (C=O) groups excluding carboxylic acids is 1. The Bertz CT molecular complexity index is 401. The second-order valence-corrected chi connectivity index (χ2v) is 4.50. The highest BCUT2D eigenvalue weighted by molar-refractivity contribution is 7.10. The lowest BCUT2D eigenvalue weighted by Gasteiger charge is -2.22. The minimum atomic E-state index is -5.88. The number of amides is 1. The highest BCUT2D eigenvalue weighted by atomic mass is 32.1. The molecule has 0 saturated carbocycles. The first-order valence-corrected chi connectivity index (χ1v) is 5.87. The molecule has 0 radical (unpaired) electrons. The summed E-state index contributed by atoms with van der Waals surface area (Å²) in [5.74, 6) is -7.70. The van der Waals surface area contributed by atoms with Crippen LogP contribution in [0, 0.1) is 0 Å². The van der Waals surface area contributed by atoms with E-state index < -0.39 is 24.0 Å². The van der Waals surface area contributed by atoms with Crippen LogP contribution in [0.5, 0.6) is 0 Å². The van der Waals surface area contributed by atoms with Gasteiger partial charge in [0.2, 0.25) is 0 Å². The lowest BCUT2D eigenvalue weighted by atomic mass is 10.1. The molecule has 1 heterocycles. The van der Waals surface area contributed by atoms with E-state index in [9.17, 15) is 26.7 Å². The van der Waals surface area contributed by atoms with Gasteiger partial charge < -0.3 is 5.32 Å². The first-order valence-electron chi connectivity index (χ1n) is 4.99. The summed E-state index contributed by atoms with van der Waals surface area (Å²) in [6.45, 7) is 1.58. The zero-order chi connectivity index (χ0) is 14.0. The quantitative estimate of drug-likeness (QED) is 0.844. The third kappa shape index (κ3) is 2.98. The molecule has 1 N–H and O–H groups in total. The van der Waals surface area contributed by atoms with Crippen LogP contribution in [0.1, 0.15) is 24.3 Å². The van der Waals surface area contributed by atoms with E-state index in [1.165, 1.54) is 11.3 Å². The third-order valence-electron chi connectivity index (χ3n) is 2.24. The second-order valence-electron chi connectivity index (χ2n) is 3.52. The molecular weight excluding hydrogens is 277 g/mol. The Morgan fingerprint density at radius 3 is 2.39 bits per heavy atom. The molecule has 1 rings (SSSR count). The Kier molecular flexibility index (Phi) is 4.31. The van der Waals surface area contributed by atoms with Crippen molar-refractivity contribution in [2.75, 3.05) is 0 Å². The fraction of sp³-hybridized carbons (Fsp3) is 0.500. The van der Waals surface area contributed by atoms with Gasteiger partial charge in [-0.05, 0) is 17.9 Å². The van der Waals surface area contributed by atoms with Crippen molar-refractivity contribution in [1.29, 1.82) is 0 Å². The molecule has 0 aromatic carbocycles. The number of carbonyl (C=O) groups is 1. The normalized spacial score (nSPS) is 14.3. The van der Waals surface area contributed by atoms with E-state index in [0.717, 1.165) is 0 Å². The maximum absolute atomic E-state index is 12.7. The van der Waals surface area contributed by atoms with Gasteiger partial charge in [0.25, 0.3) is 0 Å². The average molecular weight is 287 g/mol. The van der Waals surface area contributed by atoms with Crippen molar-refractivity contribution in [2.45, 2.75) is 31.5 Å². The van der Waals surface area contributed by atoms with E-state index in [1.54, 1.807) is 29.8 Å². The number of nitrogens with one attached hydrogen (secondary N) is 1. The SMILES string of the molecule is CCC(NC(=O)C(F)(F)C(F)(F)F)c1cccs1. The summed E-state index contributed by atoms with van der Waals surface area (Å²) in [5.41, 5.74) is 0. The monoisotopic (exact) mass is 287 g/mol. The summed E-state index contributed by atoms with van der Waals surface area (Å²) >= 11 is 1.17. The van der Waals surface area contributed by atoms with E-state index in [1.807, 2.05) is 0 Å². The van der Waals surface area contributed by atoms with Gasteiger partial charge in [-0.15, -0.1) is 11.3 Å². The number of alkyl halides is 5. The summed E-state index contributed by atoms with van der Waals surface area (Å²) in [5, 5.41) is 3.36. The van der Waals surface area contributed by atoms with E-state index >= 15 is 0 Å². The topological polar surface area (TPSA) is 29.1 Å². The van der Waals surface area contributed by atoms with E-state index in [4.69, 9.17) is 0 Å². The Morgan fingerprint density at radius 1 is 1.39 bits per heavy atom. The fourth-order valence-corrected chi connectivity index (χ4v) is 2.10. The first kappa shape index (κ1) is 14.9. The lowest BCUT2D eigenvalue weighted by molar-refractivity contribution is -0.270. The first-order chi connectivity index (χ1) is 8.20. The molecule has 0 bridgehead atoms. The van der Waals surface area contributed by atoms with Crippen LogP contribution in [0.15, 0.2) is 17.5 Å². The van der Waals surface area contributed by atoms with Crippen molar-refractivity contribution in [3.63, 3.8) is 0 Å². The van der Waals surface area contributed by atoms with Crippen LogP contribution in [0.4, 0.5) is 22.0 Å². The van der Waals surface area contributed by atoms with E-state index in [2.05, 4.69) is 0 Å². The molecule has 8 heteroatoms. The maximum Gasteiger partial charge on any atom is 0.463 e. The number of thiophene rings is 1. The molecule has 0 aliphatic carbocycles. The minimum absolute atomic E-state index is 0.222. The van der Waals surface area contributed by atoms with Gasteiger partial charge in [0.1, 0.15) is 0 Å². The van der Waals surface area contributed by atoms with Crippen molar-refractivity contribution < 1.29 is 26.7 Å². The number of halogens is 5. The Balaban J connectivity index is 2.81. The molecule has 1 unspecified atom stereocenters. The predicted octanol–water partition coefficient (Wildman–Crippen LogP) is 3.51. The van der Waals surface area contributed by atoms with Gasteiger partial charge in [-0.25, -0.2) is 0 Å². The van der Waals surface area contributed by atoms with Gasteiger partial charge in [-0.3, -0.25) is 4.79 Å². The highest BCUT2D eigenvalue weighted by Gasteiger charge is 2.63. The van der Waals surface area contributed by atoms with E-state index in [0.29, 0.717) is 4.88 Å². The molecular formula is C10H10F5NOS. The fourth-order valence-electron chi connectivity index (χ4n) is 1.24. The van der Waals surface area contributed by atoms with Crippen LogP contribution in [0.25, 0.3) is 0 Å². The maximum atomic E-state index is 12.7. The molecule has 0 aliphatic rings. The molecule has 0 saturated heterocycles. The standard InChI is InChI=1S/C10H10F5NOS/c1-2-6(7-4-3-5-18-7)16-8(17)9(11,12)10(13,14)15/h3-6H,2H2,1H3,(H,16,17). The molecule has 2 nitrogen and oxygen atoms in total. The summed E-state index contributed by atoms with van der Waals surface area (Å²) in [4.78, 5) is 11.5. The molecule has 102 valence electrons. The molecule has 0 aliphatic heterocycles. The van der Waals surface area contributed by atoms with Crippen molar-refractivity contribution in [3.8, 4) is 0 Å². The lowest BCUT2D eigenvalue weighted by Crippen LogP contribution is -2.51.